The molecule has 1 aliphatic heterocycles. The molecule has 0 bridgehead atoms. The van der Waals surface area contributed by atoms with Gasteiger partial charge in [-0.1, -0.05) is 19.9 Å². The van der Waals surface area contributed by atoms with Crippen molar-refractivity contribution in [2.24, 2.45) is 5.73 Å². The van der Waals surface area contributed by atoms with Crippen LogP contribution in [0.1, 0.15) is 47.5 Å². The highest BCUT2D eigenvalue weighted by atomic mass is 16.5. The lowest BCUT2D eigenvalue weighted by Crippen LogP contribution is -2.38. The number of nitrogens with one attached hydrogen (secondary N) is 1. The Bertz CT molecular complexity index is 958. The maximum absolute atomic E-state index is 13.0. The third-order valence-corrected chi connectivity index (χ3v) is 5.36. The summed E-state index contributed by atoms with van der Waals surface area (Å²) in [6, 6.07) is 8.02. The van der Waals surface area contributed by atoms with Crippen LogP contribution in [0.4, 0.5) is 11.6 Å². The van der Waals surface area contributed by atoms with Crippen molar-refractivity contribution >= 4 is 23.5 Å². The lowest BCUT2D eigenvalue weighted by molar-refractivity contribution is 0.0320. The molecule has 3 rings (SSSR count). The highest BCUT2D eigenvalue weighted by molar-refractivity contribution is 6.04. The number of ether oxygens (including phenoxy) is 2. The number of benzene rings is 1. The van der Waals surface area contributed by atoms with Gasteiger partial charge in [0.25, 0.3) is 5.91 Å². The lowest BCUT2D eigenvalue weighted by Gasteiger charge is -2.26. The largest absolute Gasteiger partial charge is 0.476 e. The number of rotatable bonds is 12. The first kappa shape index (κ1) is 25.4. The molecule has 3 N–H and O–H groups in total. The van der Waals surface area contributed by atoms with E-state index in [0.29, 0.717) is 29.7 Å². The first-order valence-electron chi connectivity index (χ1n) is 11.8. The molecule has 1 aromatic heterocycles. The van der Waals surface area contributed by atoms with Crippen LogP contribution in [0, 0.1) is 0 Å². The molecular formula is C24H34N6O4. The molecule has 0 radical (unpaired) electrons. The summed E-state index contributed by atoms with van der Waals surface area (Å²) in [5.41, 5.74) is 6.30. The van der Waals surface area contributed by atoms with Crippen molar-refractivity contribution in [2.75, 3.05) is 62.8 Å². The number of carbonyl (C=O) groups excluding carboxylic acids is 2. The van der Waals surface area contributed by atoms with Crippen LogP contribution in [0.25, 0.3) is 0 Å². The topological polar surface area (TPSA) is 123 Å². The molecule has 1 aromatic carbocycles. The van der Waals surface area contributed by atoms with Gasteiger partial charge in [-0.25, -0.2) is 4.98 Å². The van der Waals surface area contributed by atoms with Crippen molar-refractivity contribution < 1.29 is 19.1 Å². The molecule has 1 saturated heterocycles. The smallest absolute Gasteiger partial charge is 0.274 e. The van der Waals surface area contributed by atoms with Gasteiger partial charge in [-0.15, -0.1) is 0 Å². The maximum Gasteiger partial charge on any atom is 0.274 e. The average molecular weight is 471 g/mol. The number of primary amides is 1. The van der Waals surface area contributed by atoms with Gasteiger partial charge in [-0.3, -0.25) is 14.5 Å². The van der Waals surface area contributed by atoms with E-state index in [2.05, 4.69) is 38.9 Å². The van der Waals surface area contributed by atoms with Crippen LogP contribution in [0.15, 0.2) is 30.3 Å². The summed E-state index contributed by atoms with van der Waals surface area (Å²) in [7, 11) is 0. The number of nitrogens with zero attached hydrogens (tertiary/aromatic N) is 4. The van der Waals surface area contributed by atoms with Crippen LogP contribution in [-0.4, -0.2) is 79.2 Å². The highest BCUT2D eigenvalue weighted by Crippen LogP contribution is 2.19. The van der Waals surface area contributed by atoms with Gasteiger partial charge in [0.15, 0.2) is 0 Å². The SMILES string of the molecule is CCCN(CCC)c1nc(OCCN2CCOCC2)cc(C(=O)Nc2cccc(C(N)=O)c2)n1. The molecular weight excluding hydrogens is 436 g/mol. The Morgan fingerprint density at radius 2 is 1.88 bits per heavy atom. The van der Waals surface area contributed by atoms with Gasteiger partial charge in [-0.05, 0) is 31.0 Å². The van der Waals surface area contributed by atoms with Crippen LogP contribution in [0.5, 0.6) is 5.88 Å². The summed E-state index contributed by atoms with van der Waals surface area (Å²) < 4.78 is 11.3. The molecule has 184 valence electrons. The molecule has 10 heteroatoms. The zero-order valence-corrected chi connectivity index (χ0v) is 20.0. The molecule has 0 aliphatic carbocycles. The molecule has 0 atom stereocenters. The van der Waals surface area contributed by atoms with Crippen molar-refractivity contribution in [1.82, 2.24) is 14.9 Å². The zero-order valence-electron chi connectivity index (χ0n) is 20.0. The van der Waals surface area contributed by atoms with E-state index in [0.717, 1.165) is 58.8 Å². The molecule has 1 fully saturated rings. The fraction of sp³-hybridized carbons (Fsp3) is 0.500. The normalized spacial score (nSPS) is 13.9. The number of carbonyl (C=O) groups is 2. The Labute approximate surface area is 200 Å². The van der Waals surface area contributed by atoms with Crippen LogP contribution in [0.3, 0.4) is 0 Å². The molecule has 34 heavy (non-hydrogen) atoms. The van der Waals surface area contributed by atoms with Gasteiger partial charge in [0.1, 0.15) is 12.3 Å². The second-order valence-corrected chi connectivity index (χ2v) is 8.08. The first-order chi connectivity index (χ1) is 16.5. The van der Waals surface area contributed by atoms with E-state index >= 15 is 0 Å². The van der Waals surface area contributed by atoms with Crippen molar-refractivity contribution in [3.05, 3.63) is 41.6 Å². The van der Waals surface area contributed by atoms with Crippen LogP contribution in [0.2, 0.25) is 0 Å². The summed E-state index contributed by atoms with van der Waals surface area (Å²) in [4.78, 5) is 38.0. The standard InChI is InChI=1S/C24H34N6O4/c1-3-8-30(9-4-2)24-27-20(23(32)26-19-7-5-6-18(16-19)22(25)31)17-21(28-24)34-15-12-29-10-13-33-14-11-29/h5-7,16-17H,3-4,8-15H2,1-2H3,(H2,25,31)(H,26,32). The number of nitrogens with two attached hydrogens (primary N) is 1. The van der Waals surface area contributed by atoms with E-state index in [9.17, 15) is 9.59 Å². The predicted octanol–water partition coefficient (Wildman–Crippen LogP) is 2.17. The molecule has 2 aromatic rings. The molecule has 2 amide bonds. The van der Waals surface area contributed by atoms with Crippen LogP contribution >= 0.6 is 0 Å². The highest BCUT2D eigenvalue weighted by Gasteiger charge is 2.18. The van der Waals surface area contributed by atoms with Crippen molar-refractivity contribution in [1.29, 1.82) is 0 Å². The van der Waals surface area contributed by atoms with E-state index in [4.69, 9.17) is 15.2 Å². The van der Waals surface area contributed by atoms with Gasteiger partial charge in [0.05, 0.1) is 13.2 Å². The number of morpholine rings is 1. The molecule has 1 aliphatic rings. The van der Waals surface area contributed by atoms with Crippen LogP contribution in [-0.2, 0) is 4.74 Å². The van der Waals surface area contributed by atoms with Crippen LogP contribution < -0.4 is 20.7 Å². The van der Waals surface area contributed by atoms with E-state index in [1.807, 2.05) is 0 Å². The Balaban J connectivity index is 1.79. The van der Waals surface area contributed by atoms with E-state index < -0.39 is 11.8 Å². The Hall–Kier alpha value is -3.24. The van der Waals surface area contributed by atoms with Gasteiger partial charge >= 0.3 is 0 Å². The van der Waals surface area contributed by atoms with Gasteiger partial charge < -0.3 is 25.4 Å². The summed E-state index contributed by atoms with van der Waals surface area (Å²) in [6.45, 7) is 10.1. The number of hydrogen-bond acceptors (Lipinski definition) is 8. The van der Waals surface area contributed by atoms with E-state index in [-0.39, 0.29) is 5.69 Å². The Morgan fingerprint density at radius 3 is 2.56 bits per heavy atom. The number of hydrogen-bond donors (Lipinski definition) is 2. The summed E-state index contributed by atoms with van der Waals surface area (Å²) in [5, 5.41) is 2.79. The second kappa shape index (κ2) is 12.9. The van der Waals surface area contributed by atoms with Gasteiger partial charge in [0.2, 0.25) is 17.7 Å². The Kier molecular flexibility index (Phi) is 9.60. The zero-order chi connectivity index (χ0) is 24.3. The minimum atomic E-state index is -0.564. The molecule has 10 nitrogen and oxygen atoms in total. The first-order valence-corrected chi connectivity index (χ1v) is 11.8. The molecule has 0 spiro atoms. The third-order valence-electron chi connectivity index (χ3n) is 5.36. The van der Waals surface area contributed by atoms with Gasteiger partial charge in [0, 0.05) is 50.0 Å². The minimum Gasteiger partial charge on any atom is -0.476 e. The predicted molar refractivity (Wildman–Crippen MR) is 130 cm³/mol. The fourth-order valence-corrected chi connectivity index (χ4v) is 3.65. The van der Waals surface area contributed by atoms with E-state index in [1.165, 1.54) is 6.07 Å². The quantitative estimate of drug-likeness (QED) is 0.484. The minimum absolute atomic E-state index is 0.188. The molecule has 2 heterocycles. The number of anilines is 2. The summed E-state index contributed by atoms with van der Waals surface area (Å²) >= 11 is 0. The lowest BCUT2D eigenvalue weighted by atomic mass is 10.2. The number of amides is 2. The fourth-order valence-electron chi connectivity index (χ4n) is 3.65. The summed E-state index contributed by atoms with van der Waals surface area (Å²) in [5.74, 6) is -0.169. The monoisotopic (exact) mass is 470 g/mol. The van der Waals surface area contributed by atoms with Gasteiger partial charge in [-0.2, -0.15) is 4.98 Å². The van der Waals surface area contributed by atoms with Crippen molar-refractivity contribution in [3.8, 4) is 5.88 Å². The van der Waals surface area contributed by atoms with Crippen molar-refractivity contribution in [2.45, 2.75) is 26.7 Å². The maximum atomic E-state index is 13.0. The van der Waals surface area contributed by atoms with E-state index in [1.54, 1.807) is 24.3 Å². The summed E-state index contributed by atoms with van der Waals surface area (Å²) in [6.07, 6.45) is 1.85. The second-order valence-electron chi connectivity index (χ2n) is 8.08. The molecule has 0 saturated carbocycles. The third kappa shape index (κ3) is 7.39. The number of aromatic nitrogens is 2. The average Bonchev–Trinajstić information content (AvgIpc) is 2.84. The molecule has 0 unspecified atom stereocenters. The Morgan fingerprint density at radius 1 is 1.15 bits per heavy atom. The van der Waals surface area contributed by atoms with Crippen molar-refractivity contribution in [3.63, 3.8) is 0 Å².